The number of aromatic nitrogens is 1. The van der Waals surface area contributed by atoms with Gasteiger partial charge in [0.05, 0.1) is 29.8 Å². The van der Waals surface area contributed by atoms with Crippen LogP contribution in [0.1, 0.15) is 36.5 Å². The molecule has 3 heterocycles. The van der Waals surface area contributed by atoms with Crippen molar-refractivity contribution in [1.82, 2.24) is 9.47 Å². The van der Waals surface area contributed by atoms with Crippen LogP contribution in [-0.2, 0) is 16.6 Å². The molecular weight excluding hydrogens is 666 g/mol. The highest BCUT2D eigenvalue weighted by atomic mass is 32.2. The zero-order valence-electron chi connectivity index (χ0n) is 29.6. The first kappa shape index (κ1) is 34.5. The number of ketones is 1. The Balaban J connectivity index is 1.43. The Morgan fingerprint density at radius 2 is 1.69 bits per heavy atom. The average Bonchev–Trinajstić information content (AvgIpc) is 3.66. The van der Waals surface area contributed by atoms with Crippen molar-refractivity contribution >= 4 is 43.4 Å². The number of anilines is 1. The maximum atomic E-state index is 13.9. The van der Waals surface area contributed by atoms with Crippen molar-refractivity contribution in [1.29, 1.82) is 0 Å². The summed E-state index contributed by atoms with van der Waals surface area (Å²) < 4.78 is 56.4. The van der Waals surface area contributed by atoms with Gasteiger partial charge in [0.2, 0.25) is 10.0 Å². The maximum absolute atomic E-state index is 13.9. The van der Waals surface area contributed by atoms with E-state index in [0.29, 0.717) is 51.6 Å². The van der Waals surface area contributed by atoms with Crippen LogP contribution in [0.3, 0.4) is 0 Å². The number of carbonyl (C=O) groups is 1. The van der Waals surface area contributed by atoms with Gasteiger partial charge in [-0.1, -0.05) is 31.2 Å². The summed E-state index contributed by atoms with van der Waals surface area (Å²) in [4.78, 5) is 15.7. The minimum atomic E-state index is -3.70. The molecule has 0 radical (unpaired) electrons. The monoisotopic (exact) mass is 707 g/mol. The molecule has 0 bridgehead atoms. The summed E-state index contributed by atoms with van der Waals surface area (Å²) >= 11 is 0. The summed E-state index contributed by atoms with van der Waals surface area (Å²) in [6.45, 7) is 4.17. The van der Waals surface area contributed by atoms with Gasteiger partial charge in [0, 0.05) is 65.0 Å². The fraction of sp³-hybridized carbons (Fsp3) is 0.293. The van der Waals surface area contributed by atoms with Gasteiger partial charge < -0.3 is 18.6 Å². The number of halogens is 1. The number of benzene rings is 4. The van der Waals surface area contributed by atoms with Crippen LogP contribution in [0.5, 0.6) is 5.75 Å². The number of Topliss-reactive ketones (excluding diaryl/α,β-unsaturated/α-hetero) is 1. The van der Waals surface area contributed by atoms with Gasteiger partial charge >= 0.3 is 0 Å². The van der Waals surface area contributed by atoms with Gasteiger partial charge in [0.25, 0.3) is 0 Å². The zero-order chi connectivity index (χ0) is 36.0. The summed E-state index contributed by atoms with van der Waals surface area (Å²) in [6.07, 6.45) is 3.48. The summed E-state index contributed by atoms with van der Waals surface area (Å²) in [5.74, 6) is 0.843. The Morgan fingerprint density at radius 3 is 2.41 bits per heavy atom. The highest BCUT2D eigenvalue weighted by Gasteiger charge is 2.27. The van der Waals surface area contributed by atoms with Gasteiger partial charge in [-0.05, 0) is 93.6 Å². The molecule has 0 saturated carbocycles. The van der Waals surface area contributed by atoms with Crippen LogP contribution in [0.15, 0.2) is 89.3 Å². The maximum Gasteiger partial charge on any atom is 0.232 e. The Morgan fingerprint density at radius 1 is 0.941 bits per heavy atom. The number of furan rings is 1. The van der Waals surface area contributed by atoms with E-state index in [0.717, 1.165) is 65.7 Å². The molecule has 0 saturated heterocycles. The molecule has 4 aromatic carbocycles. The molecular formula is C41H42FN3O5S. The third kappa shape index (κ3) is 6.66. The second kappa shape index (κ2) is 13.7. The fourth-order valence-electron chi connectivity index (χ4n) is 7.10. The summed E-state index contributed by atoms with van der Waals surface area (Å²) in [6, 6.07) is 25.8. The van der Waals surface area contributed by atoms with Crippen molar-refractivity contribution in [3.63, 3.8) is 0 Å². The highest BCUT2D eigenvalue weighted by Crippen LogP contribution is 2.45. The van der Waals surface area contributed by atoms with E-state index in [2.05, 4.69) is 53.9 Å². The summed E-state index contributed by atoms with van der Waals surface area (Å²) in [5.41, 5.74) is 6.12. The van der Waals surface area contributed by atoms with E-state index in [9.17, 15) is 17.6 Å². The van der Waals surface area contributed by atoms with Gasteiger partial charge in [-0.15, -0.1) is 0 Å². The van der Waals surface area contributed by atoms with Crippen molar-refractivity contribution in [2.45, 2.75) is 32.7 Å². The number of nitrogens with zero attached hydrogens (tertiary/aromatic N) is 3. The van der Waals surface area contributed by atoms with Crippen molar-refractivity contribution in [3.05, 3.63) is 96.3 Å². The molecule has 1 atom stereocenters. The SMILES string of the molecule is CCC(=O)c1c(-c2ccc(F)cc2)oc2cc(N(C)S(C)(=O)=O)c(-c3ccc4c(c3)-c3cc5ccccc5n3CC(CCCN(C)C)CO4)cc12. The predicted molar refractivity (Wildman–Crippen MR) is 203 cm³/mol. The molecule has 8 nitrogen and oxygen atoms in total. The summed E-state index contributed by atoms with van der Waals surface area (Å²) in [7, 11) is 2.00. The minimum Gasteiger partial charge on any atom is -0.493 e. The number of sulfonamides is 1. The molecule has 0 aliphatic carbocycles. The first-order valence-corrected chi connectivity index (χ1v) is 19.1. The van der Waals surface area contributed by atoms with Crippen molar-refractivity contribution < 1.29 is 26.8 Å². The number of hydrogen-bond donors (Lipinski definition) is 0. The van der Waals surface area contributed by atoms with E-state index in [4.69, 9.17) is 9.15 Å². The molecule has 51 heavy (non-hydrogen) atoms. The Bertz CT molecular complexity index is 2380. The molecule has 7 rings (SSSR count). The van der Waals surface area contributed by atoms with Gasteiger partial charge in [-0.3, -0.25) is 9.10 Å². The normalized spacial score (nSPS) is 14.6. The Kier molecular flexibility index (Phi) is 9.24. The Labute approximate surface area is 298 Å². The third-order valence-electron chi connectivity index (χ3n) is 9.86. The average molecular weight is 708 g/mol. The van der Waals surface area contributed by atoms with Crippen LogP contribution in [0.25, 0.3) is 55.6 Å². The number of fused-ring (bicyclic) bond motifs is 6. The van der Waals surface area contributed by atoms with E-state index >= 15 is 0 Å². The van der Waals surface area contributed by atoms with Crippen LogP contribution in [-0.4, -0.2) is 64.2 Å². The molecule has 0 fully saturated rings. The minimum absolute atomic E-state index is 0.139. The molecule has 10 heteroatoms. The second-order valence-corrected chi connectivity index (χ2v) is 15.7. The third-order valence-corrected chi connectivity index (χ3v) is 11.1. The standard InChI is InChI=1S/C41H42FN3O5S/c1-6-37(46)40-33-22-31(35(44(4)51(5,47)48)23-39(33)50-41(40)27-13-16-30(42)17-14-27)28-15-18-38-32(20-28)36-21-29-11-7-8-12-34(29)45(36)24-26(25-49-38)10-9-19-43(2)3/h7-8,11-18,20-23,26H,6,9-10,19,24-25H2,1-5H3. The van der Waals surface area contributed by atoms with Gasteiger partial charge in [0.15, 0.2) is 5.78 Å². The number of ether oxygens (including phenoxy) is 1. The van der Waals surface area contributed by atoms with Crippen LogP contribution in [0.4, 0.5) is 10.1 Å². The van der Waals surface area contributed by atoms with Gasteiger partial charge in [-0.25, -0.2) is 12.8 Å². The lowest BCUT2D eigenvalue weighted by Gasteiger charge is -2.26. The van der Waals surface area contributed by atoms with Crippen LogP contribution in [0, 0.1) is 11.7 Å². The molecule has 1 unspecified atom stereocenters. The van der Waals surface area contributed by atoms with E-state index in [-0.39, 0.29) is 12.2 Å². The van der Waals surface area contributed by atoms with Crippen molar-refractivity contribution in [3.8, 4) is 39.5 Å². The van der Waals surface area contributed by atoms with Gasteiger partial charge in [-0.2, -0.15) is 0 Å². The van der Waals surface area contributed by atoms with Crippen LogP contribution >= 0.6 is 0 Å². The summed E-state index contributed by atoms with van der Waals surface area (Å²) in [5, 5.41) is 1.69. The van der Waals surface area contributed by atoms with Gasteiger partial charge in [0.1, 0.15) is 22.9 Å². The van der Waals surface area contributed by atoms with Crippen molar-refractivity contribution in [2.75, 3.05) is 44.9 Å². The quantitative estimate of drug-likeness (QED) is 0.132. The zero-order valence-corrected chi connectivity index (χ0v) is 30.4. The topological polar surface area (TPSA) is 85.0 Å². The largest absolute Gasteiger partial charge is 0.493 e. The van der Waals surface area contributed by atoms with Crippen molar-refractivity contribution in [2.24, 2.45) is 5.92 Å². The number of para-hydroxylation sites is 1. The number of hydrogen-bond acceptors (Lipinski definition) is 6. The molecule has 264 valence electrons. The molecule has 1 aliphatic heterocycles. The van der Waals surface area contributed by atoms with E-state index in [1.807, 2.05) is 24.3 Å². The lowest BCUT2D eigenvalue weighted by Crippen LogP contribution is -2.25. The van der Waals surface area contributed by atoms with E-state index in [1.165, 1.54) is 23.5 Å². The Hall–Kier alpha value is -4.93. The molecule has 1 aliphatic rings. The van der Waals surface area contributed by atoms with Crippen LogP contribution in [0.2, 0.25) is 0 Å². The lowest BCUT2D eigenvalue weighted by atomic mass is 9.94. The molecule has 2 aromatic heterocycles. The first-order chi connectivity index (χ1) is 24.4. The van der Waals surface area contributed by atoms with E-state index in [1.54, 1.807) is 25.1 Å². The molecule has 0 spiro atoms. The van der Waals surface area contributed by atoms with E-state index < -0.39 is 15.8 Å². The predicted octanol–water partition coefficient (Wildman–Crippen LogP) is 8.87. The fourth-order valence-corrected chi connectivity index (χ4v) is 7.61. The number of carbonyl (C=O) groups excluding carboxylic acids is 1. The molecule has 6 aromatic rings. The first-order valence-electron chi connectivity index (χ1n) is 17.3. The molecule has 0 N–H and O–H groups in total. The number of rotatable bonds is 10. The smallest absolute Gasteiger partial charge is 0.232 e. The molecule has 0 amide bonds. The van der Waals surface area contributed by atoms with Crippen LogP contribution < -0.4 is 9.04 Å². The highest BCUT2D eigenvalue weighted by molar-refractivity contribution is 7.92. The lowest BCUT2D eigenvalue weighted by molar-refractivity contribution is 0.0989. The second-order valence-electron chi connectivity index (χ2n) is 13.7.